The van der Waals surface area contributed by atoms with Gasteiger partial charge in [0.15, 0.2) is 5.78 Å². The smallest absolute Gasteiger partial charge is 0.336 e. The highest BCUT2D eigenvalue weighted by Gasteiger charge is 2.41. The van der Waals surface area contributed by atoms with Gasteiger partial charge in [-0.25, -0.2) is 14.2 Å². The van der Waals surface area contributed by atoms with Crippen molar-refractivity contribution in [2.45, 2.75) is 18.5 Å². The van der Waals surface area contributed by atoms with Gasteiger partial charge in [0.25, 0.3) is 0 Å². The molecule has 0 aliphatic carbocycles. The first-order valence-electron chi connectivity index (χ1n) is 10.5. The Bertz CT molecular complexity index is 1330. The Labute approximate surface area is 189 Å². The molecule has 2 unspecified atom stereocenters. The van der Waals surface area contributed by atoms with Crippen molar-refractivity contribution in [2.24, 2.45) is 0 Å². The van der Waals surface area contributed by atoms with E-state index in [1.165, 1.54) is 18.2 Å². The van der Waals surface area contributed by atoms with Gasteiger partial charge in [-0.2, -0.15) is 0 Å². The standard InChI is InChI=1S/C26H20FN3O3/c27-18-11-9-17(10-12-18)21-23(25-28-13-14-30(25)15-16-5-2-1-3-6-16)29-20-8-4-7-19(26(32)33)22(20)24(21)31/h1-14,21,23,29H,15H2,(H,32,33). The molecule has 0 fully saturated rings. The zero-order chi connectivity index (χ0) is 22.9. The highest BCUT2D eigenvalue weighted by atomic mass is 19.1. The Kier molecular flexibility index (Phi) is 5.22. The predicted molar refractivity (Wildman–Crippen MR) is 121 cm³/mol. The van der Waals surface area contributed by atoms with E-state index in [2.05, 4.69) is 10.3 Å². The quantitative estimate of drug-likeness (QED) is 0.460. The maximum absolute atomic E-state index is 13.8. The highest BCUT2D eigenvalue weighted by molar-refractivity contribution is 6.14. The first-order valence-corrected chi connectivity index (χ1v) is 10.5. The molecule has 4 aromatic rings. The van der Waals surface area contributed by atoms with Gasteiger partial charge in [-0.3, -0.25) is 4.79 Å². The van der Waals surface area contributed by atoms with E-state index in [-0.39, 0.29) is 16.9 Å². The van der Waals surface area contributed by atoms with Crippen LogP contribution in [0.5, 0.6) is 0 Å². The first-order chi connectivity index (χ1) is 16.0. The summed E-state index contributed by atoms with van der Waals surface area (Å²) in [5, 5.41) is 13.0. The Morgan fingerprint density at radius 2 is 1.79 bits per heavy atom. The number of rotatable bonds is 5. The van der Waals surface area contributed by atoms with Crippen LogP contribution in [0.1, 0.15) is 49.6 Å². The van der Waals surface area contributed by atoms with Crippen LogP contribution >= 0.6 is 0 Å². The number of aromatic carboxylic acids is 1. The Morgan fingerprint density at radius 1 is 1.03 bits per heavy atom. The zero-order valence-electron chi connectivity index (χ0n) is 17.5. The van der Waals surface area contributed by atoms with Gasteiger partial charge in [-0.1, -0.05) is 48.5 Å². The Hall–Kier alpha value is -4.26. The Balaban J connectivity index is 1.64. The third kappa shape index (κ3) is 3.78. The summed E-state index contributed by atoms with van der Waals surface area (Å²) in [6.45, 7) is 0.556. The summed E-state index contributed by atoms with van der Waals surface area (Å²) in [4.78, 5) is 30.1. The minimum absolute atomic E-state index is 0.0665. The number of aromatic nitrogens is 2. The lowest BCUT2D eigenvalue weighted by atomic mass is 9.79. The van der Waals surface area contributed by atoms with Crippen LogP contribution in [-0.2, 0) is 6.54 Å². The topological polar surface area (TPSA) is 84.2 Å². The lowest BCUT2D eigenvalue weighted by molar-refractivity contribution is 0.0690. The van der Waals surface area contributed by atoms with Crippen LogP contribution in [0.25, 0.3) is 0 Å². The lowest BCUT2D eigenvalue weighted by Crippen LogP contribution is -2.35. The number of hydrogen-bond acceptors (Lipinski definition) is 4. The number of benzene rings is 3. The molecule has 5 rings (SSSR count). The van der Waals surface area contributed by atoms with Crippen LogP contribution < -0.4 is 5.32 Å². The molecule has 0 amide bonds. The third-order valence-corrected chi connectivity index (χ3v) is 5.92. The average Bonchev–Trinajstić information content (AvgIpc) is 3.28. The minimum atomic E-state index is -1.18. The van der Waals surface area contributed by atoms with Crippen LogP contribution in [0.15, 0.2) is 85.2 Å². The van der Waals surface area contributed by atoms with Crippen molar-refractivity contribution in [3.05, 3.63) is 119 Å². The number of Topliss-reactive ketones (excluding diaryl/α,β-unsaturated/α-hetero) is 1. The fourth-order valence-electron chi connectivity index (χ4n) is 4.42. The number of carboxylic acid groups (broad SMARTS) is 1. The van der Waals surface area contributed by atoms with Crippen LogP contribution in [0, 0.1) is 5.82 Å². The molecule has 2 N–H and O–H groups in total. The molecule has 2 atom stereocenters. The summed E-state index contributed by atoms with van der Waals surface area (Å²) in [5.74, 6) is -2.08. The van der Waals surface area contributed by atoms with Crippen LogP contribution in [0.2, 0.25) is 0 Å². The molecule has 0 saturated carbocycles. The number of halogens is 1. The van der Waals surface area contributed by atoms with Gasteiger partial charge in [0.05, 0.1) is 23.1 Å². The van der Waals surface area contributed by atoms with Gasteiger partial charge in [-0.05, 0) is 35.4 Å². The van der Waals surface area contributed by atoms with Crippen molar-refractivity contribution in [3.8, 4) is 0 Å². The SMILES string of the molecule is O=C(O)c1cccc2c1C(=O)C(c1ccc(F)cc1)C(c1nccn1Cc1ccccc1)N2. The van der Waals surface area contributed by atoms with E-state index in [0.717, 1.165) is 5.56 Å². The molecule has 7 heteroatoms. The largest absolute Gasteiger partial charge is 0.478 e. The monoisotopic (exact) mass is 441 g/mol. The number of hydrogen-bond donors (Lipinski definition) is 2. The lowest BCUT2D eigenvalue weighted by Gasteiger charge is -2.34. The molecule has 0 spiro atoms. The van der Waals surface area contributed by atoms with E-state index < -0.39 is 23.7 Å². The number of carbonyl (C=O) groups excluding carboxylic acids is 1. The normalized spacial score (nSPS) is 17.3. The van der Waals surface area contributed by atoms with E-state index in [1.807, 2.05) is 41.1 Å². The molecule has 0 radical (unpaired) electrons. The molecule has 164 valence electrons. The summed E-state index contributed by atoms with van der Waals surface area (Å²) >= 11 is 0. The molecule has 3 aromatic carbocycles. The van der Waals surface area contributed by atoms with Crippen molar-refractivity contribution in [2.75, 3.05) is 5.32 Å². The first kappa shape index (κ1) is 20.6. The number of carbonyl (C=O) groups is 2. The fourth-order valence-corrected chi connectivity index (χ4v) is 4.42. The maximum atomic E-state index is 13.8. The van der Waals surface area contributed by atoms with Gasteiger partial charge in [0.2, 0.25) is 0 Å². The molecule has 0 bridgehead atoms. The average molecular weight is 441 g/mol. The van der Waals surface area contributed by atoms with Crippen LogP contribution in [0.4, 0.5) is 10.1 Å². The van der Waals surface area contributed by atoms with Crippen molar-refractivity contribution < 1.29 is 19.1 Å². The van der Waals surface area contributed by atoms with Crippen molar-refractivity contribution in [1.29, 1.82) is 0 Å². The summed E-state index contributed by atoms with van der Waals surface area (Å²) in [7, 11) is 0. The molecule has 1 aliphatic heterocycles. The van der Waals surface area contributed by atoms with Crippen molar-refractivity contribution in [1.82, 2.24) is 9.55 Å². The maximum Gasteiger partial charge on any atom is 0.336 e. The highest BCUT2D eigenvalue weighted by Crippen LogP contribution is 2.43. The molecule has 2 heterocycles. The summed E-state index contributed by atoms with van der Waals surface area (Å²) < 4.78 is 15.6. The Morgan fingerprint density at radius 3 is 2.52 bits per heavy atom. The second-order valence-electron chi connectivity index (χ2n) is 7.95. The number of carboxylic acids is 1. The molecule has 1 aliphatic rings. The number of ketones is 1. The summed E-state index contributed by atoms with van der Waals surface area (Å²) in [5.41, 5.74) is 2.15. The molecule has 1 aromatic heterocycles. The number of anilines is 1. The number of nitrogens with one attached hydrogen (secondary N) is 1. The number of nitrogens with zero attached hydrogens (tertiary/aromatic N) is 2. The zero-order valence-corrected chi connectivity index (χ0v) is 17.5. The van der Waals surface area contributed by atoms with E-state index in [4.69, 9.17) is 0 Å². The third-order valence-electron chi connectivity index (χ3n) is 5.92. The van der Waals surface area contributed by atoms with Crippen LogP contribution in [0.3, 0.4) is 0 Å². The number of fused-ring (bicyclic) bond motifs is 1. The van der Waals surface area contributed by atoms with Gasteiger partial charge < -0.3 is 15.0 Å². The van der Waals surface area contributed by atoms with Gasteiger partial charge >= 0.3 is 5.97 Å². The summed E-state index contributed by atoms with van der Waals surface area (Å²) in [6.07, 6.45) is 3.52. The van der Waals surface area contributed by atoms with Gasteiger partial charge in [-0.15, -0.1) is 0 Å². The van der Waals surface area contributed by atoms with E-state index in [0.29, 0.717) is 23.6 Å². The molecular formula is C26H20FN3O3. The van der Waals surface area contributed by atoms with E-state index in [1.54, 1.807) is 30.5 Å². The fraction of sp³-hybridized carbons (Fsp3) is 0.115. The van der Waals surface area contributed by atoms with Crippen molar-refractivity contribution >= 4 is 17.4 Å². The van der Waals surface area contributed by atoms with Crippen LogP contribution in [-0.4, -0.2) is 26.4 Å². The molecule has 0 saturated heterocycles. The van der Waals surface area contributed by atoms with E-state index >= 15 is 0 Å². The molecule has 6 nitrogen and oxygen atoms in total. The van der Waals surface area contributed by atoms with Crippen molar-refractivity contribution in [3.63, 3.8) is 0 Å². The van der Waals surface area contributed by atoms with E-state index in [9.17, 15) is 19.1 Å². The predicted octanol–water partition coefficient (Wildman–Crippen LogP) is 4.90. The molecule has 33 heavy (non-hydrogen) atoms. The second-order valence-corrected chi connectivity index (χ2v) is 7.95. The second kappa shape index (κ2) is 8.35. The minimum Gasteiger partial charge on any atom is -0.478 e. The van der Waals surface area contributed by atoms with Gasteiger partial charge in [0, 0.05) is 24.6 Å². The molecular weight excluding hydrogens is 421 g/mol. The van der Waals surface area contributed by atoms with Gasteiger partial charge in [0.1, 0.15) is 11.6 Å². The summed E-state index contributed by atoms with van der Waals surface area (Å²) in [6, 6.07) is 19.7. The number of imidazole rings is 1.